The van der Waals surface area contributed by atoms with Crippen molar-refractivity contribution in [1.82, 2.24) is 0 Å². The summed E-state index contributed by atoms with van der Waals surface area (Å²) in [6, 6.07) is 23.1. The minimum Gasteiger partial charge on any atom is -0.508 e. The summed E-state index contributed by atoms with van der Waals surface area (Å²) < 4.78 is 0. The van der Waals surface area contributed by atoms with Crippen LogP contribution in [-0.2, 0) is 0 Å². The molecule has 3 rings (SSSR count). The SMILES string of the molecule is O=C(O)c1ccccc1O.Oc1cccc(C=Cc2ccccc2)c1. The number of aromatic carboxylic acids is 1. The van der Waals surface area contributed by atoms with Gasteiger partial charge in [0.1, 0.15) is 17.1 Å². The zero-order chi connectivity index (χ0) is 18.1. The summed E-state index contributed by atoms with van der Waals surface area (Å²) in [5.41, 5.74) is 2.09. The van der Waals surface area contributed by atoms with Gasteiger partial charge in [0.15, 0.2) is 0 Å². The van der Waals surface area contributed by atoms with Crippen molar-refractivity contribution in [3.63, 3.8) is 0 Å². The standard InChI is InChI=1S/C14H12O.C7H6O3/c15-14-8-4-7-13(11-14)10-9-12-5-2-1-3-6-12;8-6-4-2-1-3-5(6)7(9)10/h1-11,15H;1-4,8H,(H,9,10). The number of carboxylic acid groups (broad SMARTS) is 1. The predicted octanol–water partition coefficient (Wildman–Crippen LogP) is 4.65. The number of phenolic OH excluding ortho intramolecular Hbond substituents is 1. The summed E-state index contributed by atoms with van der Waals surface area (Å²) in [6.07, 6.45) is 4.00. The van der Waals surface area contributed by atoms with Crippen LogP contribution < -0.4 is 0 Å². The van der Waals surface area contributed by atoms with Crippen LogP contribution in [0.2, 0.25) is 0 Å². The Balaban J connectivity index is 0.000000196. The fraction of sp³-hybridized carbons (Fsp3) is 0. The Hall–Kier alpha value is -3.53. The van der Waals surface area contributed by atoms with Gasteiger partial charge in [0, 0.05) is 0 Å². The van der Waals surface area contributed by atoms with Crippen LogP contribution >= 0.6 is 0 Å². The quantitative estimate of drug-likeness (QED) is 0.609. The molecule has 4 heteroatoms. The number of carbonyl (C=O) groups is 1. The van der Waals surface area contributed by atoms with Gasteiger partial charge in [-0.05, 0) is 35.4 Å². The van der Waals surface area contributed by atoms with Gasteiger partial charge < -0.3 is 15.3 Å². The summed E-state index contributed by atoms with van der Waals surface area (Å²) in [4.78, 5) is 10.3. The second-order valence-electron chi connectivity index (χ2n) is 5.16. The fourth-order valence-corrected chi connectivity index (χ4v) is 2.04. The van der Waals surface area contributed by atoms with E-state index < -0.39 is 5.97 Å². The molecule has 0 saturated carbocycles. The van der Waals surface area contributed by atoms with E-state index in [0.717, 1.165) is 11.1 Å². The van der Waals surface area contributed by atoms with Gasteiger partial charge in [0.25, 0.3) is 0 Å². The molecule has 0 aliphatic heterocycles. The van der Waals surface area contributed by atoms with Gasteiger partial charge in [0.2, 0.25) is 0 Å². The number of para-hydroxylation sites is 1. The molecule has 3 N–H and O–H groups in total. The second-order valence-corrected chi connectivity index (χ2v) is 5.16. The Morgan fingerprint density at radius 3 is 1.92 bits per heavy atom. The van der Waals surface area contributed by atoms with Crippen LogP contribution in [0.5, 0.6) is 11.5 Å². The minimum atomic E-state index is -1.11. The van der Waals surface area contributed by atoms with Gasteiger partial charge in [-0.2, -0.15) is 0 Å². The third kappa shape index (κ3) is 5.88. The maximum atomic E-state index is 10.3. The molecule has 0 unspecified atom stereocenters. The molecule has 25 heavy (non-hydrogen) atoms. The average Bonchev–Trinajstić information content (AvgIpc) is 2.62. The molecule has 0 fully saturated rings. The van der Waals surface area contributed by atoms with Gasteiger partial charge in [-0.15, -0.1) is 0 Å². The second kappa shape index (κ2) is 8.93. The molecule has 0 radical (unpaired) electrons. The molecule has 0 saturated heterocycles. The molecule has 4 nitrogen and oxygen atoms in total. The van der Waals surface area contributed by atoms with Crippen molar-refractivity contribution in [3.05, 3.63) is 95.6 Å². The number of carboxylic acids is 1. The van der Waals surface area contributed by atoms with Crippen LogP contribution in [0, 0.1) is 0 Å². The third-order valence-corrected chi connectivity index (χ3v) is 3.27. The van der Waals surface area contributed by atoms with E-state index in [1.165, 1.54) is 12.1 Å². The topological polar surface area (TPSA) is 77.8 Å². The van der Waals surface area contributed by atoms with E-state index in [1.54, 1.807) is 24.3 Å². The maximum absolute atomic E-state index is 10.3. The Morgan fingerprint density at radius 2 is 1.32 bits per heavy atom. The van der Waals surface area contributed by atoms with E-state index in [1.807, 2.05) is 54.6 Å². The summed E-state index contributed by atoms with van der Waals surface area (Å²) in [7, 11) is 0. The number of hydrogen-bond acceptors (Lipinski definition) is 3. The van der Waals surface area contributed by atoms with Gasteiger partial charge in [-0.1, -0.05) is 66.7 Å². The molecule has 0 aromatic heterocycles. The van der Waals surface area contributed by atoms with Gasteiger partial charge in [-0.3, -0.25) is 0 Å². The Labute approximate surface area is 146 Å². The molecule has 0 amide bonds. The Kier molecular flexibility index (Phi) is 6.37. The molecule has 0 aliphatic rings. The molecule has 0 heterocycles. The van der Waals surface area contributed by atoms with Crippen LogP contribution in [-0.4, -0.2) is 21.3 Å². The van der Waals surface area contributed by atoms with Crippen LogP contribution in [0.15, 0.2) is 78.9 Å². The molecule has 3 aromatic carbocycles. The molecular weight excluding hydrogens is 316 g/mol. The largest absolute Gasteiger partial charge is 0.508 e. The summed E-state index contributed by atoms with van der Waals surface area (Å²) in [5.74, 6) is -1.02. The first kappa shape index (κ1) is 17.8. The van der Waals surface area contributed by atoms with Crippen molar-refractivity contribution in [1.29, 1.82) is 0 Å². The highest BCUT2D eigenvalue weighted by Crippen LogP contribution is 2.15. The van der Waals surface area contributed by atoms with Crippen LogP contribution in [0.25, 0.3) is 12.2 Å². The summed E-state index contributed by atoms with van der Waals surface area (Å²) in [6.45, 7) is 0. The van der Waals surface area contributed by atoms with E-state index >= 15 is 0 Å². The van der Waals surface area contributed by atoms with E-state index in [-0.39, 0.29) is 11.3 Å². The Morgan fingerprint density at radius 1 is 0.720 bits per heavy atom. The molecular formula is C21H18O4. The number of phenols is 2. The van der Waals surface area contributed by atoms with Crippen LogP contribution in [0.4, 0.5) is 0 Å². The maximum Gasteiger partial charge on any atom is 0.339 e. The van der Waals surface area contributed by atoms with E-state index in [2.05, 4.69) is 0 Å². The highest BCUT2D eigenvalue weighted by atomic mass is 16.4. The minimum absolute atomic E-state index is 0.0671. The molecule has 0 atom stereocenters. The molecule has 126 valence electrons. The molecule has 0 aliphatic carbocycles. The zero-order valence-electron chi connectivity index (χ0n) is 13.4. The van der Waals surface area contributed by atoms with Crippen molar-refractivity contribution < 1.29 is 20.1 Å². The van der Waals surface area contributed by atoms with Gasteiger partial charge >= 0.3 is 5.97 Å². The van der Waals surface area contributed by atoms with Gasteiger partial charge in [0.05, 0.1) is 0 Å². The van der Waals surface area contributed by atoms with Gasteiger partial charge in [-0.25, -0.2) is 4.79 Å². The number of aromatic hydroxyl groups is 2. The summed E-state index contributed by atoms with van der Waals surface area (Å²) >= 11 is 0. The highest BCUT2D eigenvalue weighted by molar-refractivity contribution is 5.90. The van der Waals surface area contributed by atoms with Crippen LogP contribution in [0.3, 0.4) is 0 Å². The zero-order valence-corrected chi connectivity index (χ0v) is 13.4. The predicted molar refractivity (Wildman–Crippen MR) is 98.5 cm³/mol. The number of rotatable bonds is 3. The van der Waals surface area contributed by atoms with Crippen molar-refractivity contribution in [2.24, 2.45) is 0 Å². The van der Waals surface area contributed by atoms with Crippen LogP contribution in [0.1, 0.15) is 21.5 Å². The van der Waals surface area contributed by atoms with E-state index in [4.69, 9.17) is 10.2 Å². The lowest BCUT2D eigenvalue weighted by atomic mass is 10.1. The summed E-state index contributed by atoms with van der Waals surface area (Å²) in [5, 5.41) is 26.6. The van der Waals surface area contributed by atoms with E-state index in [0.29, 0.717) is 5.75 Å². The first-order chi connectivity index (χ1) is 12.1. The smallest absolute Gasteiger partial charge is 0.339 e. The first-order valence-electron chi connectivity index (χ1n) is 7.60. The molecule has 0 spiro atoms. The lowest BCUT2D eigenvalue weighted by Crippen LogP contribution is -1.95. The highest BCUT2D eigenvalue weighted by Gasteiger charge is 2.05. The lowest BCUT2D eigenvalue weighted by molar-refractivity contribution is 0.0693. The molecule has 0 bridgehead atoms. The first-order valence-corrected chi connectivity index (χ1v) is 7.60. The van der Waals surface area contributed by atoms with Crippen molar-refractivity contribution in [3.8, 4) is 11.5 Å². The van der Waals surface area contributed by atoms with Crippen molar-refractivity contribution in [2.75, 3.05) is 0 Å². The third-order valence-electron chi connectivity index (χ3n) is 3.27. The fourth-order valence-electron chi connectivity index (χ4n) is 2.04. The average molecular weight is 334 g/mol. The van der Waals surface area contributed by atoms with Crippen molar-refractivity contribution >= 4 is 18.1 Å². The van der Waals surface area contributed by atoms with E-state index in [9.17, 15) is 9.90 Å². The molecule has 3 aromatic rings. The monoisotopic (exact) mass is 334 g/mol. The number of benzene rings is 3. The lowest BCUT2D eigenvalue weighted by Gasteiger charge is -1.95. The Bertz CT molecular complexity index is 855. The van der Waals surface area contributed by atoms with Crippen molar-refractivity contribution in [2.45, 2.75) is 0 Å². The normalized spacial score (nSPS) is 10.1. The number of hydrogen-bond donors (Lipinski definition) is 3.